The van der Waals surface area contributed by atoms with Crippen LogP contribution in [0.4, 0.5) is 10.1 Å². The number of aliphatic carboxylic acids is 1. The average Bonchev–Trinajstić information content (AvgIpc) is 2.88. The lowest BCUT2D eigenvalue weighted by Crippen LogP contribution is -2.18. The van der Waals surface area contributed by atoms with Crippen molar-refractivity contribution < 1.29 is 19.1 Å². The quantitative estimate of drug-likeness (QED) is 0.897. The smallest absolute Gasteiger partial charge is 0.307 e. The molecule has 1 fully saturated rings. The number of carbonyl (C=O) groups is 2. The first-order valence-electron chi connectivity index (χ1n) is 5.74. The number of anilines is 1. The van der Waals surface area contributed by atoms with E-state index in [0.29, 0.717) is 0 Å². The molecule has 0 saturated heterocycles. The standard InChI is InChI=1S/C13H13ClFNO3/c1-13(2)8(9(13)12(18)19)11(17)16-7-5-3-4-6(14)10(7)15/h3-5,8-9H,1-2H3,(H,16,17)(H,18,19)/t8-,9+/m1/s1. The third kappa shape index (κ3) is 2.30. The van der Waals surface area contributed by atoms with Gasteiger partial charge in [0.2, 0.25) is 5.91 Å². The second-order valence-electron chi connectivity index (χ2n) is 5.21. The molecule has 1 aromatic rings. The van der Waals surface area contributed by atoms with Crippen molar-refractivity contribution in [3.8, 4) is 0 Å². The number of hydrogen-bond donors (Lipinski definition) is 2. The summed E-state index contributed by atoms with van der Waals surface area (Å²) in [7, 11) is 0. The van der Waals surface area contributed by atoms with Crippen molar-refractivity contribution in [2.24, 2.45) is 17.3 Å². The van der Waals surface area contributed by atoms with Crippen molar-refractivity contribution in [2.45, 2.75) is 13.8 Å². The van der Waals surface area contributed by atoms with Gasteiger partial charge in [-0.2, -0.15) is 0 Å². The molecule has 19 heavy (non-hydrogen) atoms. The van der Waals surface area contributed by atoms with E-state index in [2.05, 4.69) is 5.32 Å². The van der Waals surface area contributed by atoms with Gasteiger partial charge < -0.3 is 10.4 Å². The van der Waals surface area contributed by atoms with Crippen LogP contribution in [0.5, 0.6) is 0 Å². The molecule has 1 saturated carbocycles. The van der Waals surface area contributed by atoms with E-state index in [0.717, 1.165) is 0 Å². The molecule has 1 aliphatic rings. The monoisotopic (exact) mass is 285 g/mol. The highest BCUT2D eigenvalue weighted by Gasteiger charge is 2.65. The maximum absolute atomic E-state index is 13.6. The highest BCUT2D eigenvalue weighted by molar-refractivity contribution is 6.31. The summed E-state index contributed by atoms with van der Waals surface area (Å²) in [5.41, 5.74) is -0.658. The van der Waals surface area contributed by atoms with Gasteiger partial charge in [0.15, 0.2) is 5.82 Å². The predicted molar refractivity (Wildman–Crippen MR) is 68.4 cm³/mol. The molecule has 0 aliphatic heterocycles. The number of benzene rings is 1. The summed E-state index contributed by atoms with van der Waals surface area (Å²) in [5.74, 6) is -3.64. The van der Waals surface area contributed by atoms with E-state index in [9.17, 15) is 14.0 Å². The molecular formula is C13H13ClFNO3. The molecule has 1 amide bonds. The van der Waals surface area contributed by atoms with Gasteiger partial charge in [-0.05, 0) is 17.5 Å². The van der Waals surface area contributed by atoms with Crippen molar-refractivity contribution in [1.29, 1.82) is 0 Å². The zero-order valence-electron chi connectivity index (χ0n) is 10.4. The third-order valence-corrected chi connectivity index (χ3v) is 3.88. The van der Waals surface area contributed by atoms with Gasteiger partial charge in [0.05, 0.1) is 22.5 Å². The topological polar surface area (TPSA) is 66.4 Å². The van der Waals surface area contributed by atoms with Gasteiger partial charge in [0.1, 0.15) is 0 Å². The Morgan fingerprint density at radius 2 is 2.00 bits per heavy atom. The van der Waals surface area contributed by atoms with Crippen LogP contribution in [-0.4, -0.2) is 17.0 Å². The number of amides is 1. The van der Waals surface area contributed by atoms with Crippen LogP contribution in [-0.2, 0) is 9.59 Å². The summed E-state index contributed by atoms with van der Waals surface area (Å²) in [6, 6.07) is 4.26. The largest absolute Gasteiger partial charge is 0.481 e. The molecule has 0 aromatic heterocycles. The van der Waals surface area contributed by atoms with E-state index < -0.39 is 34.9 Å². The first-order valence-corrected chi connectivity index (χ1v) is 6.12. The minimum atomic E-state index is -1.02. The van der Waals surface area contributed by atoms with Gasteiger partial charge in [-0.3, -0.25) is 9.59 Å². The molecule has 6 heteroatoms. The van der Waals surface area contributed by atoms with Gasteiger partial charge in [-0.25, -0.2) is 4.39 Å². The molecule has 1 aromatic carbocycles. The lowest BCUT2D eigenvalue weighted by Gasteiger charge is -2.07. The molecule has 4 nitrogen and oxygen atoms in total. The van der Waals surface area contributed by atoms with Crippen molar-refractivity contribution >= 4 is 29.2 Å². The van der Waals surface area contributed by atoms with E-state index in [-0.39, 0.29) is 10.7 Å². The molecule has 0 radical (unpaired) electrons. The molecule has 0 spiro atoms. The van der Waals surface area contributed by atoms with Crippen LogP contribution in [0.15, 0.2) is 18.2 Å². The van der Waals surface area contributed by atoms with Gasteiger partial charge in [-0.1, -0.05) is 31.5 Å². The SMILES string of the molecule is CC1(C)[C@H](C(=O)O)[C@@H]1C(=O)Nc1cccc(Cl)c1F. The van der Waals surface area contributed by atoms with Gasteiger partial charge in [-0.15, -0.1) is 0 Å². The lowest BCUT2D eigenvalue weighted by molar-refractivity contribution is -0.140. The van der Waals surface area contributed by atoms with E-state index >= 15 is 0 Å². The number of nitrogens with one attached hydrogen (secondary N) is 1. The summed E-state index contributed by atoms with van der Waals surface area (Å²) >= 11 is 5.61. The van der Waals surface area contributed by atoms with Gasteiger partial charge >= 0.3 is 5.97 Å². The van der Waals surface area contributed by atoms with Crippen LogP contribution >= 0.6 is 11.6 Å². The fourth-order valence-electron chi connectivity index (χ4n) is 2.40. The number of carbonyl (C=O) groups excluding carboxylic acids is 1. The van der Waals surface area contributed by atoms with Crippen molar-refractivity contribution in [1.82, 2.24) is 0 Å². The molecule has 0 heterocycles. The molecule has 2 N–H and O–H groups in total. The number of halogens is 2. The molecule has 2 rings (SSSR count). The fourth-order valence-corrected chi connectivity index (χ4v) is 2.57. The normalized spacial score (nSPS) is 23.8. The zero-order valence-corrected chi connectivity index (χ0v) is 11.2. The maximum Gasteiger partial charge on any atom is 0.307 e. The van der Waals surface area contributed by atoms with Crippen LogP contribution in [0, 0.1) is 23.1 Å². The summed E-state index contributed by atoms with van der Waals surface area (Å²) in [6.45, 7) is 3.40. The summed E-state index contributed by atoms with van der Waals surface area (Å²) in [6.07, 6.45) is 0. The molecule has 1 aliphatic carbocycles. The number of rotatable bonds is 3. The second kappa shape index (κ2) is 4.49. The summed E-state index contributed by atoms with van der Waals surface area (Å²) < 4.78 is 13.6. The van der Waals surface area contributed by atoms with E-state index in [1.54, 1.807) is 13.8 Å². The molecule has 0 bridgehead atoms. The summed E-state index contributed by atoms with van der Waals surface area (Å²) in [5, 5.41) is 11.3. The molecule has 102 valence electrons. The second-order valence-corrected chi connectivity index (χ2v) is 5.61. The molecule has 0 unspecified atom stereocenters. The Kier molecular flexibility index (Phi) is 3.26. The van der Waals surface area contributed by atoms with Crippen molar-refractivity contribution in [3.05, 3.63) is 29.0 Å². The van der Waals surface area contributed by atoms with Crippen LogP contribution < -0.4 is 5.32 Å². The Morgan fingerprint density at radius 3 is 2.53 bits per heavy atom. The highest BCUT2D eigenvalue weighted by Crippen LogP contribution is 2.58. The third-order valence-electron chi connectivity index (χ3n) is 3.59. The predicted octanol–water partition coefficient (Wildman–Crippen LogP) is 2.77. The van der Waals surface area contributed by atoms with E-state index in [1.165, 1.54) is 18.2 Å². The number of carboxylic acid groups (broad SMARTS) is 1. The Labute approximate surface area is 114 Å². The Balaban J connectivity index is 2.15. The molecule has 2 atom stereocenters. The summed E-state index contributed by atoms with van der Waals surface area (Å²) in [4.78, 5) is 23.0. The minimum Gasteiger partial charge on any atom is -0.481 e. The maximum atomic E-state index is 13.6. The van der Waals surface area contributed by atoms with E-state index in [4.69, 9.17) is 16.7 Å². The Morgan fingerprint density at radius 1 is 1.37 bits per heavy atom. The Bertz CT molecular complexity index is 559. The van der Waals surface area contributed by atoms with Gasteiger partial charge in [0.25, 0.3) is 0 Å². The van der Waals surface area contributed by atoms with Crippen LogP contribution in [0.1, 0.15) is 13.8 Å². The average molecular weight is 286 g/mol. The van der Waals surface area contributed by atoms with E-state index in [1.807, 2.05) is 0 Å². The van der Waals surface area contributed by atoms with Crippen molar-refractivity contribution in [3.63, 3.8) is 0 Å². The lowest BCUT2D eigenvalue weighted by atomic mass is 10.1. The zero-order chi connectivity index (χ0) is 14.4. The molecular weight excluding hydrogens is 273 g/mol. The first-order chi connectivity index (χ1) is 8.76. The van der Waals surface area contributed by atoms with Gasteiger partial charge in [0, 0.05) is 0 Å². The first kappa shape index (κ1) is 13.8. The fraction of sp³-hybridized carbons (Fsp3) is 0.385. The number of hydrogen-bond acceptors (Lipinski definition) is 2. The Hall–Kier alpha value is -1.62. The van der Waals surface area contributed by atoms with Crippen LogP contribution in [0.2, 0.25) is 5.02 Å². The number of carboxylic acids is 1. The van der Waals surface area contributed by atoms with Crippen LogP contribution in [0.25, 0.3) is 0 Å². The minimum absolute atomic E-state index is 0.0376. The highest BCUT2D eigenvalue weighted by atomic mass is 35.5. The van der Waals surface area contributed by atoms with Crippen molar-refractivity contribution in [2.75, 3.05) is 5.32 Å². The van der Waals surface area contributed by atoms with Crippen LogP contribution in [0.3, 0.4) is 0 Å².